The standard InChI is InChI=1S/C15H29N3O/c1-18-11-8-13(9-12-18)7-10-16-15(19)17-14-5-3-2-4-6-14/h13-14H,2-12H2,1H3,(H2,16,17,19). The molecule has 0 spiro atoms. The molecule has 0 radical (unpaired) electrons. The lowest BCUT2D eigenvalue weighted by Gasteiger charge is -2.29. The fourth-order valence-electron chi connectivity index (χ4n) is 3.22. The minimum absolute atomic E-state index is 0.0415. The summed E-state index contributed by atoms with van der Waals surface area (Å²) in [6, 6.07) is 0.455. The number of likely N-dealkylation sites (tertiary alicyclic amines) is 1. The van der Waals surface area contributed by atoms with Crippen molar-refractivity contribution < 1.29 is 4.79 Å². The molecule has 1 heterocycles. The van der Waals surface area contributed by atoms with E-state index in [4.69, 9.17) is 0 Å². The second-order valence-corrected chi connectivity index (χ2v) is 6.27. The zero-order valence-electron chi connectivity index (χ0n) is 12.3. The first kappa shape index (κ1) is 14.6. The maximum absolute atomic E-state index is 11.8. The van der Waals surface area contributed by atoms with Crippen LogP contribution in [0.25, 0.3) is 0 Å². The van der Waals surface area contributed by atoms with E-state index in [1.165, 1.54) is 45.2 Å². The Morgan fingerprint density at radius 2 is 1.79 bits per heavy atom. The Bertz CT molecular complexity index is 269. The van der Waals surface area contributed by atoms with E-state index < -0.39 is 0 Å². The van der Waals surface area contributed by atoms with E-state index in [1.54, 1.807) is 0 Å². The van der Waals surface area contributed by atoms with Crippen LogP contribution < -0.4 is 10.6 Å². The van der Waals surface area contributed by atoms with E-state index in [9.17, 15) is 4.79 Å². The molecule has 1 aliphatic carbocycles. The Hall–Kier alpha value is -0.770. The van der Waals surface area contributed by atoms with Crippen molar-refractivity contribution in [3.05, 3.63) is 0 Å². The predicted molar refractivity (Wildman–Crippen MR) is 78.2 cm³/mol. The lowest BCUT2D eigenvalue weighted by molar-refractivity contribution is 0.208. The Morgan fingerprint density at radius 1 is 1.11 bits per heavy atom. The summed E-state index contributed by atoms with van der Waals surface area (Å²) in [6.45, 7) is 3.24. The SMILES string of the molecule is CN1CCC(CCNC(=O)NC2CCCCC2)CC1. The summed E-state index contributed by atoms with van der Waals surface area (Å²) in [4.78, 5) is 14.2. The Kier molecular flexibility index (Phi) is 5.95. The summed E-state index contributed by atoms with van der Waals surface area (Å²) in [5.41, 5.74) is 0. The molecule has 110 valence electrons. The molecule has 4 nitrogen and oxygen atoms in total. The van der Waals surface area contributed by atoms with Crippen LogP contribution in [0.4, 0.5) is 4.79 Å². The third-order valence-corrected chi connectivity index (χ3v) is 4.62. The van der Waals surface area contributed by atoms with Crippen LogP contribution in [0.5, 0.6) is 0 Å². The summed E-state index contributed by atoms with van der Waals surface area (Å²) in [5.74, 6) is 0.797. The Balaban J connectivity index is 1.53. The third-order valence-electron chi connectivity index (χ3n) is 4.62. The molecule has 4 heteroatoms. The highest BCUT2D eigenvalue weighted by molar-refractivity contribution is 5.74. The lowest BCUT2D eigenvalue weighted by atomic mass is 9.94. The molecule has 2 N–H and O–H groups in total. The van der Waals surface area contributed by atoms with Crippen LogP contribution in [-0.4, -0.2) is 43.7 Å². The average molecular weight is 267 g/mol. The zero-order valence-corrected chi connectivity index (χ0v) is 12.3. The molecule has 1 saturated carbocycles. The number of amides is 2. The molecule has 0 aromatic heterocycles. The molecule has 0 aromatic rings. The first-order valence-electron chi connectivity index (χ1n) is 7.97. The summed E-state index contributed by atoms with van der Waals surface area (Å²) < 4.78 is 0. The van der Waals surface area contributed by atoms with Gasteiger partial charge in [-0.15, -0.1) is 0 Å². The van der Waals surface area contributed by atoms with Crippen molar-refractivity contribution in [1.29, 1.82) is 0 Å². The fraction of sp³-hybridized carbons (Fsp3) is 0.933. The van der Waals surface area contributed by atoms with Crippen molar-refractivity contribution in [1.82, 2.24) is 15.5 Å². The highest BCUT2D eigenvalue weighted by Crippen LogP contribution is 2.19. The van der Waals surface area contributed by atoms with E-state index in [0.717, 1.165) is 31.7 Å². The van der Waals surface area contributed by atoms with E-state index in [1.807, 2.05) is 0 Å². The van der Waals surface area contributed by atoms with Gasteiger partial charge in [0.05, 0.1) is 0 Å². The highest BCUT2D eigenvalue weighted by atomic mass is 16.2. The molecule has 2 aliphatic rings. The smallest absolute Gasteiger partial charge is 0.315 e. The number of carbonyl (C=O) groups excluding carboxylic acids is 1. The fourth-order valence-corrected chi connectivity index (χ4v) is 3.22. The average Bonchev–Trinajstić information content (AvgIpc) is 2.42. The van der Waals surface area contributed by atoms with Gasteiger partial charge >= 0.3 is 6.03 Å². The van der Waals surface area contributed by atoms with Gasteiger partial charge in [0.25, 0.3) is 0 Å². The minimum Gasteiger partial charge on any atom is -0.338 e. The largest absolute Gasteiger partial charge is 0.338 e. The maximum Gasteiger partial charge on any atom is 0.315 e. The van der Waals surface area contributed by atoms with E-state index in [-0.39, 0.29) is 6.03 Å². The molecule has 0 unspecified atom stereocenters. The second kappa shape index (κ2) is 7.73. The first-order chi connectivity index (χ1) is 9.24. The monoisotopic (exact) mass is 267 g/mol. The number of hydrogen-bond acceptors (Lipinski definition) is 2. The van der Waals surface area contributed by atoms with Crippen LogP contribution in [0.2, 0.25) is 0 Å². The van der Waals surface area contributed by atoms with Gasteiger partial charge in [0.2, 0.25) is 0 Å². The second-order valence-electron chi connectivity index (χ2n) is 6.27. The highest BCUT2D eigenvalue weighted by Gasteiger charge is 2.17. The molecular formula is C15H29N3O. The van der Waals surface area contributed by atoms with Gasteiger partial charge in [-0.3, -0.25) is 0 Å². The van der Waals surface area contributed by atoms with Gasteiger partial charge < -0.3 is 15.5 Å². The van der Waals surface area contributed by atoms with Crippen molar-refractivity contribution in [2.45, 2.75) is 57.4 Å². The first-order valence-corrected chi connectivity index (χ1v) is 7.97. The lowest BCUT2D eigenvalue weighted by Crippen LogP contribution is -2.43. The van der Waals surface area contributed by atoms with Crippen LogP contribution in [0.1, 0.15) is 51.4 Å². The van der Waals surface area contributed by atoms with Crippen LogP contribution in [0, 0.1) is 5.92 Å². The molecular weight excluding hydrogens is 238 g/mol. The van der Waals surface area contributed by atoms with E-state index in [0.29, 0.717) is 6.04 Å². The van der Waals surface area contributed by atoms with Crippen molar-refractivity contribution in [2.24, 2.45) is 5.92 Å². The minimum atomic E-state index is 0.0415. The number of carbonyl (C=O) groups is 1. The predicted octanol–water partition coefficient (Wildman–Crippen LogP) is 2.35. The van der Waals surface area contributed by atoms with Gasteiger partial charge in [0.15, 0.2) is 0 Å². The van der Waals surface area contributed by atoms with Crippen molar-refractivity contribution in [3.8, 4) is 0 Å². The third kappa shape index (κ3) is 5.39. The Morgan fingerprint density at radius 3 is 2.47 bits per heavy atom. The summed E-state index contributed by atoms with van der Waals surface area (Å²) >= 11 is 0. The number of urea groups is 1. The zero-order chi connectivity index (χ0) is 13.5. The summed E-state index contributed by atoms with van der Waals surface area (Å²) in [5, 5.41) is 6.13. The molecule has 0 aromatic carbocycles. The van der Waals surface area contributed by atoms with Crippen LogP contribution in [-0.2, 0) is 0 Å². The number of nitrogens with zero attached hydrogens (tertiary/aromatic N) is 1. The number of hydrogen-bond donors (Lipinski definition) is 2. The van der Waals surface area contributed by atoms with Gasteiger partial charge in [0.1, 0.15) is 0 Å². The molecule has 2 rings (SSSR count). The van der Waals surface area contributed by atoms with Gasteiger partial charge in [-0.05, 0) is 58.2 Å². The number of rotatable bonds is 4. The van der Waals surface area contributed by atoms with Gasteiger partial charge in [0, 0.05) is 12.6 Å². The van der Waals surface area contributed by atoms with Crippen molar-refractivity contribution in [3.63, 3.8) is 0 Å². The molecule has 1 aliphatic heterocycles. The quantitative estimate of drug-likeness (QED) is 0.821. The summed E-state index contributed by atoms with van der Waals surface area (Å²) in [6.07, 6.45) is 9.86. The van der Waals surface area contributed by atoms with Gasteiger partial charge in [-0.1, -0.05) is 19.3 Å². The maximum atomic E-state index is 11.8. The van der Waals surface area contributed by atoms with E-state index in [2.05, 4.69) is 22.6 Å². The molecule has 0 atom stereocenters. The van der Waals surface area contributed by atoms with E-state index >= 15 is 0 Å². The number of nitrogens with one attached hydrogen (secondary N) is 2. The van der Waals surface area contributed by atoms with Crippen LogP contribution >= 0.6 is 0 Å². The molecule has 1 saturated heterocycles. The van der Waals surface area contributed by atoms with Crippen molar-refractivity contribution >= 4 is 6.03 Å². The molecule has 2 fully saturated rings. The van der Waals surface area contributed by atoms with Crippen LogP contribution in [0.15, 0.2) is 0 Å². The van der Waals surface area contributed by atoms with Crippen molar-refractivity contribution in [2.75, 3.05) is 26.7 Å². The summed E-state index contributed by atoms with van der Waals surface area (Å²) in [7, 11) is 2.19. The van der Waals surface area contributed by atoms with Gasteiger partial charge in [-0.2, -0.15) is 0 Å². The topological polar surface area (TPSA) is 44.4 Å². The Labute approximate surface area is 117 Å². The normalized spacial score (nSPS) is 23.2. The van der Waals surface area contributed by atoms with Gasteiger partial charge in [-0.25, -0.2) is 4.79 Å². The molecule has 19 heavy (non-hydrogen) atoms. The number of piperidine rings is 1. The molecule has 2 amide bonds. The molecule has 0 bridgehead atoms. The van der Waals surface area contributed by atoms with Crippen LogP contribution in [0.3, 0.4) is 0 Å².